The highest BCUT2D eigenvalue weighted by Crippen LogP contribution is 2.47. The predicted molar refractivity (Wildman–Crippen MR) is 179 cm³/mol. The molecule has 0 saturated carbocycles. The maximum Gasteiger partial charge on any atom is 0.159 e. The van der Waals surface area contributed by atoms with Crippen molar-refractivity contribution in [3.05, 3.63) is 140 Å². The molecule has 0 saturated heterocycles. The monoisotopic (exact) mass is 549 g/mol. The maximum absolute atomic E-state index is 6.60. The van der Waals surface area contributed by atoms with Crippen molar-refractivity contribution in [1.29, 1.82) is 0 Å². The van der Waals surface area contributed by atoms with Gasteiger partial charge in [0.25, 0.3) is 0 Å². The highest BCUT2D eigenvalue weighted by Gasteiger charge is 2.23. The molecule has 0 bridgehead atoms. The molecule has 0 aliphatic carbocycles. The molecular formula is C40H23NO2. The Balaban J connectivity index is 1.33. The molecular weight excluding hydrogens is 526 g/mol. The lowest BCUT2D eigenvalue weighted by Gasteiger charge is -2.27. The third kappa shape index (κ3) is 3.14. The summed E-state index contributed by atoms with van der Waals surface area (Å²) >= 11 is 0. The molecule has 0 radical (unpaired) electrons. The summed E-state index contributed by atoms with van der Waals surface area (Å²) in [4.78, 5) is 2.34. The molecule has 0 fully saturated rings. The van der Waals surface area contributed by atoms with Gasteiger partial charge in [-0.05, 0) is 63.3 Å². The van der Waals surface area contributed by atoms with Crippen molar-refractivity contribution in [1.82, 2.24) is 0 Å². The Morgan fingerprint density at radius 1 is 0.372 bits per heavy atom. The first-order valence-electron chi connectivity index (χ1n) is 14.6. The summed E-state index contributed by atoms with van der Waals surface area (Å²) in [6, 6.07) is 49.5. The zero-order chi connectivity index (χ0) is 28.1. The van der Waals surface area contributed by atoms with E-state index in [1.165, 1.54) is 32.3 Å². The fraction of sp³-hybridized carbons (Fsp3) is 0. The summed E-state index contributed by atoms with van der Waals surface area (Å²) in [6.45, 7) is 0. The maximum atomic E-state index is 6.60. The van der Waals surface area contributed by atoms with Gasteiger partial charge in [-0.3, -0.25) is 0 Å². The smallest absolute Gasteiger partial charge is 0.159 e. The Labute approximate surface area is 246 Å². The molecule has 3 nitrogen and oxygen atoms in total. The van der Waals surface area contributed by atoms with Crippen LogP contribution in [-0.4, -0.2) is 0 Å². The molecule has 200 valence electrons. The standard InChI is InChI=1S/C40H23NO2/c1-3-13-35-28(9-1)30-21-19-27(23-37(30)42-35)41(34-12-6-11-31-29-10-2-4-14-36(29)43-40(31)34)33-22-18-26-16-15-24-7-5-8-25-17-20-32(33)39(26)38(24)25/h1-23H. The largest absolute Gasteiger partial charge is 0.456 e. The third-order valence-corrected chi connectivity index (χ3v) is 8.99. The number of fused-ring (bicyclic) bond motifs is 6. The lowest BCUT2D eigenvalue weighted by Crippen LogP contribution is -2.11. The van der Waals surface area contributed by atoms with E-state index in [1.54, 1.807) is 0 Å². The van der Waals surface area contributed by atoms with Crippen LogP contribution < -0.4 is 4.90 Å². The summed E-state index contributed by atoms with van der Waals surface area (Å²) < 4.78 is 13.0. The van der Waals surface area contributed by atoms with Gasteiger partial charge in [0, 0.05) is 33.0 Å². The van der Waals surface area contributed by atoms with Gasteiger partial charge in [0.1, 0.15) is 16.7 Å². The molecule has 2 heterocycles. The van der Waals surface area contributed by atoms with Crippen LogP contribution in [0.1, 0.15) is 0 Å². The summed E-state index contributed by atoms with van der Waals surface area (Å²) in [5.74, 6) is 0. The first-order valence-corrected chi connectivity index (χ1v) is 14.6. The quantitative estimate of drug-likeness (QED) is 0.205. The molecule has 10 aromatic rings. The van der Waals surface area contributed by atoms with Crippen LogP contribution in [0.15, 0.2) is 148 Å². The third-order valence-electron chi connectivity index (χ3n) is 8.99. The first kappa shape index (κ1) is 22.8. The number of benzene rings is 8. The van der Waals surface area contributed by atoms with Gasteiger partial charge in [-0.2, -0.15) is 0 Å². The fourth-order valence-corrected chi connectivity index (χ4v) is 7.08. The Morgan fingerprint density at radius 3 is 1.81 bits per heavy atom. The number of anilines is 3. The summed E-state index contributed by atoms with van der Waals surface area (Å²) in [7, 11) is 0. The van der Waals surface area contributed by atoms with Crippen molar-refractivity contribution in [2.75, 3.05) is 4.90 Å². The highest BCUT2D eigenvalue weighted by molar-refractivity contribution is 6.26. The minimum atomic E-state index is 0.859. The normalized spacial score (nSPS) is 12.2. The van der Waals surface area contributed by atoms with Gasteiger partial charge in [0.05, 0.1) is 17.1 Å². The van der Waals surface area contributed by atoms with E-state index in [4.69, 9.17) is 8.83 Å². The Kier molecular flexibility index (Phi) is 4.45. The van der Waals surface area contributed by atoms with E-state index in [2.05, 4.69) is 120 Å². The van der Waals surface area contributed by atoms with E-state index in [-0.39, 0.29) is 0 Å². The van der Waals surface area contributed by atoms with Gasteiger partial charge in [-0.1, -0.05) is 97.1 Å². The zero-order valence-electron chi connectivity index (χ0n) is 23.0. The van der Waals surface area contributed by atoms with Crippen molar-refractivity contribution in [3.63, 3.8) is 0 Å². The fourth-order valence-electron chi connectivity index (χ4n) is 7.08. The number of para-hydroxylation sites is 3. The molecule has 0 spiro atoms. The van der Waals surface area contributed by atoms with Gasteiger partial charge in [0.15, 0.2) is 5.58 Å². The van der Waals surface area contributed by atoms with Crippen LogP contribution >= 0.6 is 0 Å². The van der Waals surface area contributed by atoms with Gasteiger partial charge in [-0.15, -0.1) is 0 Å². The second kappa shape index (κ2) is 8.37. The summed E-state index contributed by atoms with van der Waals surface area (Å²) in [5, 5.41) is 12.0. The van der Waals surface area contributed by atoms with Gasteiger partial charge < -0.3 is 13.7 Å². The zero-order valence-corrected chi connectivity index (χ0v) is 23.0. The second-order valence-electron chi connectivity index (χ2n) is 11.3. The minimum absolute atomic E-state index is 0.859. The molecule has 0 aliphatic heterocycles. The Morgan fingerprint density at radius 2 is 0.977 bits per heavy atom. The topological polar surface area (TPSA) is 29.5 Å². The van der Waals surface area contributed by atoms with E-state index in [0.29, 0.717) is 0 Å². The van der Waals surface area contributed by atoms with Gasteiger partial charge >= 0.3 is 0 Å². The van der Waals surface area contributed by atoms with Crippen molar-refractivity contribution >= 4 is 93.3 Å². The number of hydrogen-bond acceptors (Lipinski definition) is 3. The number of furan rings is 2. The van der Waals surface area contributed by atoms with Crippen LogP contribution in [0.2, 0.25) is 0 Å². The van der Waals surface area contributed by atoms with E-state index in [1.807, 2.05) is 24.3 Å². The van der Waals surface area contributed by atoms with Crippen LogP contribution in [-0.2, 0) is 0 Å². The van der Waals surface area contributed by atoms with Crippen LogP contribution in [0, 0.1) is 0 Å². The SMILES string of the molecule is c1cc2ccc3ccc(N(c4ccc5c(c4)oc4ccccc45)c4cccc5c4oc4ccccc45)c4ccc(c1)c2c34. The van der Waals surface area contributed by atoms with Crippen molar-refractivity contribution < 1.29 is 8.83 Å². The lowest BCUT2D eigenvalue weighted by molar-refractivity contribution is 0.667. The first-order chi connectivity index (χ1) is 21.3. The van der Waals surface area contributed by atoms with Gasteiger partial charge in [-0.25, -0.2) is 0 Å². The number of nitrogens with zero attached hydrogens (tertiary/aromatic N) is 1. The molecule has 3 heteroatoms. The molecule has 0 atom stereocenters. The van der Waals surface area contributed by atoms with E-state index >= 15 is 0 Å². The molecule has 0 amide bonds. The van der Waals surface area contributed by atoms with Gasteiger partial charge in [0.2, 0.25) is 0 Å². The van der Waals surface area contributed by atoms with E-state index < -0.39 is 0 Å². The summed E-state index contributed by atoms with van der Waals surface area (Å²) in [6.07, 6.45) is 0. The molecule has 43 heavy (non-hydrogen) atoms. The highest BCUT2D eigenvalue weighted by atomic mass is 16.3. The van der Waals surface area contributed by atoms with Crippen molar-refractivity contribution in [2.24, 2.45) is 0 Å². The molecule has 0 N–H and O–H groups in total. The van der Waals surface area contributed by atoms with E-state index in [9.17, 15) is 0 Å². The van der Waals surface area contributed by atoms with Crippen LogP contribution in [0.5, 0.6) is 0 Å². The van der Waals surface area contributed by atoms with Crippen molar-refractivity contribution in [2.45, 2.75) is 0 Å². The summed E-state index contributed by atoms with van der Waals surface area (Å²) in [5.41, 5.74) is 6.58. The molecule has 0 aliphatic rings. The second-order valence-corrected chi connectivity index (χ2v) is 11.3. The van der Waals surface area contributed by atoms with Crippen molar-refractivity contribution in [3.8, 4) is 0 Å². The Hall–Kier alpha value is -5.80. The average molecular weight is 550 g/mol. The molecule has 10 rings (SSSR count). The molecule has 2 aromatic heterocycles. The predicted octanol–water partition coefficient (Wildman–Crippen LogP) is 11.9. The van der Waals surface area contributed by atoms with Crippen LogP contribution in [0.4, 0.5) is 17.1 Å². The molecule has 0 unspecified atom stereocenters. The molecule has 8 aromatic carbocycles. The number of hydrogen-bond donors (Lipinski definition) is 0. The van der Waals surface area contributed by atoms with E-state index in [0.717, 1.165) is 60.9 Å². The van der Waals surface area contributed by atoms with Crippen LogP contribution in [0.25, 0.3) is 76.2 Å². The lowest BCUT2D eigenvalue weighted by atomic mass is 9.93. The average Bonchev–Trinajstić information content (AvgIpc) is 3.63. The number of rotatable bonds is 3. The Bertz CT molecular complexity index is 2680. The minimum Gasteiger partial charge on any atom is -0.456 e. The van der Waals surface area contributed by atoms with Crippen LogP contribution in [0.3, 0.4) is 0 Å².